The lowest BCUT2D eigenvalue weighted by Crippen LogP contribution is -2.21. The van der Waals surface area contributed by atoms with Crippen LogP contribution in [-0.4, -0.2) is 40.8 Å². The second kappa shape index (κ2) is 4.88. The van der Waals surface area contributed by atoms with Crippen LogP contribution in [0.25, 0.3) is 0 Å². The van der Waals surface area contributed by atoms with Crippen LogP contribution in [0.5, 0.6) is 0 Å². The number of nitrogens with zero attached hydrogens (tertiary/aromatic N) is 1. The van der Waals surface area contributed by atoms with Gasteiger partial charge in [0, 0.05) is 22.8 Å². The van der Waals surface area contributed by atoms with E-state index in [9.17, 15) is 4.21 Å². The molecule has 0 aromatic heterocycles. The Kier molecular flexibility index (Phi) is 4.08. The van der Waals surface area contributed by atoms with Gasteiger partial charge in [0.15, 0.2) is 0 Å². The molecule has 1 atom stereocenters. The summed E-state index contributed by atoms with van der Waals surface area (Å²) >= 11 is 0. The molecule has 0 spiro atoms. The second-order valence-corrected chi connectivity index (χ2v) is 4.73. The van der Waals surface area contributed by atoms with E-state index in [1.807, 2.05) is 0 Å². The Balaban J connectivity index is 1.98. The Hall–Kier alpha value is 0.110. The maximum absolute atomic E-state index is 10.7. The van der Waals surface area contributed by atoms with Crippen LogP contribution in [0, 0.1) is 0 Å². The summed E-state index contributed by atoms with van der Waals surface area (Å²) in [5, 5.41) is 0. The van der Waals surface area contributed by atoms with E-state index in [1.165, 1.54) is 25.9 Å². The molecule has 66 valence electrons. The summed E-state index contributed by atoms with van der Waals surface area (Å²) in [5.74, 6) is 0.872. The average molecular weight is 175 g/mol. The van der Waals surface area contributed by atoms with Gasteiger partial charge in [-0.3, -0.25) is 4.21 Å². The van der Waals surface area contributed by atoms with Crippen molar-refractivity contribution in [1.29, 1.82) is 0 Å². The molecule has 1 aliphatic heterocycles. The minimum atomic E-state index is -0.592. The van der Waals surface area contributed by atoms with Crippen LogP contribution in [-0.2, 0) is 10.8 Å². The normalized spacial score (nSPS) is 22.3. The predicted molar refractivity (Wildman–Crippen MR) is 49.2 cm³/mol. The molecule has 0 amide bonds. The third-order valence-corrected chi connectivity index (χ3v) is 2.97. The van der Waals surface area contributed by atoms with Gasteiger partial charge in [0.1, 0.15) is 0 Å². The minimum Gasteiger partial charge on any atom is -0.303 e. The van der Waals surface area contributed by atoms with Crippen LogP contribution in [0.2, 0.25) is 0 Å². The fraction of sp³-hybridized carbons (Fsp3) is 1.00. The summed E-state index contributed by atoms with van der Waals surface area (Å²) < 4.78 is 10.7. The van der Waals surface area contributed by atoms with Crippen molar-refractivity contribution in [1.82, 2.24) is 4.90 Å². The molecule has 1 fully saturated rings. The van der Waals surface area contributed by atoms with E-state index in [0.717, 1.165) is 18.7 Å². The lowest BCUT2D eigenvalue weighted by atomic mass is 10.4. The van der Waals surface area contributed by atoms with Crippen molar-refractivity contribution in [2.75, 3.05) is 31.6 Å². The van der Waals surface area contributed by atoms with Gasteiger partial charge in [0.2, 0.25) is 0 Å². The number of hydrogen-bond acceptors (Lipinski definition) is 2. The highest BCUT2D eigenvalue weighted by Gasteiger charge is 2.10. The van der Waals surface area contributed by atoms with Gasteiger partial charge in [-0.1, -0.05) is 0 Å². The average Bonchev–Trinajstić information content (AvgIpc) is 2.39. The quantitative estimate of drug-likeness (QED) is 0.631. The molecule has 0 aromatic rings. The van der Waals surface area contributed by atoms with Gasteiger partial charge < -0.3 is 4.90 Å². The SMILES string of the molecule is CS(=O)CCCN1CCCC1. The Morgan fingerprint density at radius 3 is 2.55 bits per heavy atom. The summed E-state index contributed by atoms with van der Waals surface area (Å²) in [5.41, 5.74) is 0. The molecule has 1 aliphatic rings. The van der Waals surface area contributed by atoms with E-state index < -0.39 is 10.8 Å². The zero-order valence-electron chi connectivity index (χ0n) is 7.21. The first-order chi connectivity index (χ1) is 5.29. The van der Waals surface area contributed by atoms with Crippen molar-refractivity contribution in [2.45, 2.75) is 19.3 Å². The lowest BCUT2D eigenvalue weighted by molar-refractivity contribution is 0.340. The van der Waals surface area contributed by atoms with E-state index in [-0.39, 0.29) is 0 Å². The molecule has 2 nitrogen and oxygen atoms in total. The molecule has 1 saturated heterocycles. The number of likely N-dealkylation sites (tertiary alicyclic amines) is 1. The largest absolute Gasteiger partial charge is 0.303 e. The van der Waals surface area contributed by atoms with Gasteiger partial charge in [-0.2, -0.15) is 0 Å². The van der Waals surface area contributed by atoms with Gasteiger partial charge in [-0.15, -0.1) is 0 Å². The molecule has 1 unspecified atom stereocenters. The van der Waals surface area contributed by atoms with Crippen molar-refractivity contribution < 1.29 is 4.21 Å². The van der Waals surface area contributed by atoms with E-state index >= 15 is 0 Å². The molecule has 1 heterocycles. The second-order valence-electron chi connectivity index (χ2n) is 3.18. The molecule has 3 heteroatoms. The first-order valence-electron chi connectivity index (χ1n) is 4.31. The topological polar surface area (TPSA) is 20.3 Å². The molecular weight excluding hydrogens is 158 g/mol. The van der Waals surface area contributed by atoms with E-state index in [4.69, 9.17) is 0 Å². The van der Waals surface area contributed by atoms with Crippen molar-refractivity contribution in [3.05, 3.63) is 0 Å². The van der Waals surface area contributed by atoms with Crippen molar-refractivity contribution in [3.8, 4) is 0 Å². The predicted octanol–water partition coefficient (Wildman–Crippen LogP) is 0.851. The molecule has 0 bridgehead atoms. The van der Waals surface area contributed by atoms with Crippen LogP contribution in [0.1, 0.15) is 19.3 Å². The summed E-state index contributed by atoms with van der Waals surface area (Å²) in [6, 6.07) is 0. The van der Waals surface area contributed by atoms with Crippen molar-refractivity contribution >= 4 is 10.8 Å². The zero-order valence-corrected chi connectivity index (χ0v) is 8.03. The molecule has 1 rings (SSSR count). The highest BCUT2D eigenvalue weighted by atomic mass is 32.2. The van der Waals surface area contributed by atoms with Crippen LogP contribution < -0.4 is 0 Å². The molecule has 11 heavy (non-hydrogen) atoms. The fourth-order valence-electron chi connectivity index (χ4n) is 1.50. The van der Waals surface area contributed by atoms with Crippen molar-refractivity contribution in [3.63, 3.8) is 0 Å². The van der Waals surface area contributed by atoms with Crippen LogP contribution in [0.3, 0.4) is 0 Å². The third-order valence-electron chi connectivity index (χ3n) is 2.10. The van der Waals surface area contributed by atoms with Gasteiger partial charge in [-0.05, 0) is 38.9 Å². The lowest BCUT2D eigenvalue weighted by Gasteiger charge is -2.12. The van der Waals surface area contributed by atoms with Crippen LogP contribution in [0.4, 0.5) is 0 Å². The van der Waals surface area contributed by atoms with Gasteiger partial charge in [0.05, 0.1) is 0 Å². The molecule has 0 aromatic carbocycles. The summed E-state index contributed by atoms with van der Waals surface area (Å²) in [7, 11) is -0.592. The monoisotopic (exact) mass is 175 g/mol. The third kappa shape index (κ3) is 3.87. The van der Waals surface area contributed by atoms with Gasteiger partial charge in [0.25, 0.3) is 0 Å². The van der Waals surface area contributed by atoms with E-state index in [2.05, 4.69) is 4.90 Å². The van der Waals surface area contributed by atoms with Crippen molar-refractivity contribution in [2.24, 2.45) is 0 Å². The van der Waals surface area contributed by atoms with Crippen LogP contribution >= 0.6 is 0 Å². The Morgan fingerprint density at radius 2 is 2.00 bits per heavy atom. The summed E-state index contributed by atoms with van der Waals surface area (Å²) in [6.07, 6.45) is 5.59. The minimum absolute atomic E-state index is 0.592. The Bertz CT molecular complexity index is 132. The first kappa shape index (κ1) is 9.20. The summed E-state index contributed by atoms with van der Waals surface area (Å²) in [4.78, 5) is 2.47. The molecule has 0 aliphatic carbocycles. The van der Waals surface area contributed by atoms with Crippen LogP contribution in [0.15, 0.2) is 0 Å². The number of hydrogen-bond donors (Lipinski definition) is 0. The first-order valence-corrected chi connectivity index (χ1v) is 6.04. The fourth-order valence-corrected chi connectivity index (χ4v) is 2.03. The maximum atomic E-state index is 10.7. The Labute approximate surface area is 71.4 Å². The van der Waals surface area contributed by atoms with Gasteiger partial charge in [-0.25, -0.2) is 0 Å². The zero-order chi connectivity index (χ0) is 8.10. The highest BCUT2D eigenvalue weighted by molar-refractivity contribution is 7.84. The number of rotatable bonds is 4. The molecule has 0 saturated carbocycles. The molecule has 0 N–H and O–H groups in total. The molecule has 0 radical (unpaired) electrons. The smallest absolute Gasteiger partial charge is 0.0244 e. The standard InChI is InChI=1S/C8H17NOS/c1-11(10)8-4-7-9-5-2-3-6-9/h2-8H2,1H3. The molecular formula is C8H17NOS. The Morgan fingerprint density at radius 1 is 1.36 bits per heavy atom. The van der Waals surface area contributed by atoms with E-state index in [1.54, 1.807) is 6.26 Å². The maximum Gasteiger partial charge on any atom is 0.0244 e. The van der Waals surface area contributed by atoms with E-state index in [0.29, 0.717) is 0 Å². The highest BCUT2D eigenvalue weighted by Crippen LogP contribution is 2.07. The summed E-state index contributed by atoms with van der Waals surface area (Å²) in [6.45, 7) is 3.67. The van der Waals surface area contributed by atoms with Gasteiger partial charge >= 0.3 is 0 Å².